The summed E-state index contributed by atoms with van der Waals surface area (Å²) in [5.41, 5.74) is 2.16. The van der Waals surface area contributed by atoms with Crippen LogP contribution in [0.4, 0.5) is 4.39 Å². The van der Waals surface area contributed by atoms with Crippen LogP contribution < -0.4 is 0 Å². The molecule has 0 saturated carbocycles. The largest absolute Gasteiger partial charge is 0.380 e. The second kappa shape index (κ2) is 6.71. The number of rotatable bonds is 5. The van der Waals surface area contributed by atoms with Crippen molar-refractivity contribution < 1.29 is 9.13 Å². The molecule has 0 saturated heterocycles. The van der Waals surface area contributed by atoms with Gasteiger partial charge in [0.15, 0.2) is 0 Å². The fourth-order valence-corrected chi connectivity index (χ4v) is 2.46. The van der Waals surface area contributed by atoms with E-state index >= 15 is 0 Å². The number of nitrogens with zero attached hydrogens (tertiary/aromatic N) is 3. The summed E-state index contributed by atoms with van der Waals surface area (Å²) in [6.45, 7) is 2.58. The molecule has 1 aromatic carbocycles. The molecule has 0 fully saturated rings. The molecule has 4 nitrogen and oxygen atoms in total. The Bertz CT molecular complexity index is 786. The van der Waals surface area contributed by atoms with Crippen LogP contribution in [0, 0.1) is 5.82 Å². The first kappa shape index (κ1) is 15.4. The molecule has 2 aromatic heterocycles. The molecular weight excluding hydrogens is 293 g/mol. The van der Waals surface area contributed by atoms with Crippen LogP contribution >= 0.6 is 0 Å². The summed E-state index contributed by atoms with van der Waals surface area (Å²) in [6.07, 6.45) is 6.95. The van der Waals surface area contributed by atoms with Crippen LogP contribution in [0.15, 0.2) is 55.1 Å². The zero-order valence-electron chi connectivity index (χ0n) is 13.1. The SMILES string of the molecule is COC(C)Cn1ccnc1-c1ccc(-c2cccnc2)cc1F. The lowest BCUT2D eigenvalue weighted by atomic mass is 10.0. The number of benzene rings is 1. The van der Waals surface area contributed by atoms with Crippen molar-refractivity contribution in [3.05, 3.63) is 60.9 Å². The van der Waals surface area contributed by atoms with Crippen molar-refractivity contribution in [3.63, 3.8) is 0 Å². The van der Waals surface area contributed by atoms with Gasteiger partial charge in [0, 0.05) is 37.5 Å². The van der Waals surface area contributed by atoms with E-state index in [1.165, 1.54) is 6.07 Å². The molecule has 118 valence electrons. The molecule has 1 atom stereocenters. The van der Waals surface area contributed by atoms with E-state index in [1.807, 2.05) is 35.9 Å². The number of halogens is 1. The average Bonchev–Trinajstić information content (AvgIpc) is 3.03. The smallest absolute Gasteiger partial charge is 0.142 e. The highest BCUT2D eigenvalue weighted by Crippen LogP contribution is 2.27. The van der Waals surface area contributed by atoms with Crippen LogP contribution in [-0.4, -0.2) is 27.7 Å². The van der Waals surface area contributed by atoms with Crippen LogP contribution in [0.25, 0.3) is 22.5 Å². The number of methoxy groups -OCH3 is 1. The molecule has 0 aliphatic rings. The van der Waals surface area contributed by atoms with Gasteiger partial charge in [-0.05, 0) is 30.7 Å². The van der Waals surface area contributed by atoms with E-state index in [1.54, 1.807) is 31.8 Å². The Kier molecular flexibility index (Phi) is 4.48. The molecule has 3 aromatic rings. The zero-order chi connectivity index (χ0) is 16.2. The molecule has 0 spiro atoms. The molecule has 5 heteroatoms. The van der Waals surface area contributed by atoms with Crippen LogP contribution in [0.1, 0.15) is 6.92 Å². The molecule has 3 rings (SSSR count). The van der Waals surface area contributed by atoms with Gasteiger partial charge in [0.25, 0.3) is 0 Å². The molecular formula is C18H18FN3O. The molecule has 0 bridgehead atoms. The highest BCUT2D eigenvalue weighted by Gasteiger charge is 2.14. The molecule has 0 radical (unpaired) electrons. The van der Waals surface area contributed by atoms with Crippen molar-refractivity contribution in [2.45, 2.75) is 19.6 Å². The van der Waals surface area contributed by atoms with Crippen molar-refractivity contribution in [2.24, 2.45) is 0 Å². The molecule has 23 heavy (non-hydrogen) atoms. The summed E-state index contributed by atoms with van der Waals surface area (Å²) in [6, 6.07) is 8.90. The number of ether oxygens (including phenoxy) is 1. The molecule has 0 aliphatic carbocycles. The Hall–Kier alpha value is -2.53. The molecule has 1 unspecified atom stereocenters. The molecule has 0 aliphatic heterocycles. The van der Waals surface area contributed by atoms with E-state index < -0.39 is 0 Å². The summed E-state index contributed by atoms with van der Waals surface area (Å²) in [5.74, 6) is 0.299. The summed E-state index contributed by atoms with van der Waals surface area (Å²) in [7, 11) is 1.66. The van der Waals surface area contributed by atoms with Crippen molar-refractivity contribution in [1.82, 2.24) is 14.5 Å². The first-order valence-corrected chi connectivity index (χ1v) is 7.43. The topological polar surface area (TPSA) is 39.9 Å². The van der Waals surface area contributed by atoms with Gasteiger partial charge in [-0.3, -0.25) is 4.98 Å². The monoisotopic (exact) mass is 311 g/mol. The van der Waals surface area contributed by atoms with Gasteiger partial charge in [-0.15, -0.1) is 0 Å². The Morgan fingerprint density at radius 3 is 2.78 bits per heavy atom. The van der Waals surface area contributed by atoms with Gasteiger partial charge in [0.05, 0.1) is 18.2 Å². The maximum Gasteiger partial charge on any atom is 0.142 e. The first-order chi connectivity index (χ1) is 11.2. The molecule has 0 N–H and O–H groups in total. The summed E-state index contributed by atoms with van der Waals surface area (Å²) in [4.78, 5) is 8.36. The van der Waals surface area contributed by atoms with E-state index in [-0.39, 0.29) is 11.9 Å². The predicted molar refractivity (Wildman–Crippen MR) is 87.3 cm³/mol. The van der Waals surface area contributed by atoms with Crippen molar-refractivity contribution >= 4 is 0 Å². The van der Waals surface area contributed by atoms with Gasteiger partial charge in [0.2, 0.25) is 0 Å². The van der Waals surface area contributed by atoms with Crippen LogP contribution in [-0.2, 0) is 11.3 Å². The van der Waals surface area contributed by atoms with Gasteiger partial charge >= 0.3 is 0 Å². The highest BCUT2D eigenvalue weighted by atomic mass is 19.1. The minimum Gasteiger partial charge on any atom is -0.380 e. The van der Waals surface area contributed by atoms with E-state index in [0.29, 0.717) is 17.9 Å². The molecule has 0 amide bonds. The minimum atomic E-state index is -0.302. The van der Waals surface area contributed by atoms with Gasteiger partial charge in [-0.2, -0.15) is 0 Å². The standard InChI is InChI=1S/C18H18FN3O/c1-13(23-2)12-22-9-8-21-18(22)16-6-5-14(10-17(16)19)15-4-3-7-20-11-15/h3-11,13H,12H2,1-2H3. The first-order valence-electron chi connectivity index (χ1n) is 7.43. The maximum absolute atomic E-state index is 14.6. The predicted octanol–water partition coefficient (Wildman–Crippen LogP) is 3.79. The fraction of sp³-hybridized carbons (Fsp3) is 0.222. The number of imidazole rings is 1. The number of hydrogen-bond acceptors (Lipinski definition) is 3. The third-order valence-electron chi connectivity index (χ3n) is 3.78. The summed E-state index contributed by atoms with van der Waals surface area (Å²) >= 11 is 0. The van der Waals surface area contributed by atoms with Gasteiger partial charge < -0.3 is 9.30 Å². The average molecular weight is 311 g/mol. The van der Waals surface area contributed by atoms with Crippen LogP contribution in [0.5, 0.6) is 0 Å². The lowest BCUT2D eigenvalue weighted by Gasteiger charge is -2.13. The normalized spacial score (nSPS) is 12.3. The maximum atomic E-state index is 14.6. The Labute approximate surface area is 134 Å². The second-order valence-corrected chi connectivity index (χ2v) is 5.39. The van der Waals surface area contributed by atoms with Gasteiger partial charge in [0.1, 0.15) is 11.6 Å². The van der Waals surface area contributed by atoms with Crippen LogP contribution in [0.3, 0.4) is 0 Å². The van der Waals surface area contributed by atoms with E-state index in [2.05, 4.69) is 9.97 Å². The van der Waals surface area contributed by atoms with Gasteiger partial charge in [-0.1, -0.05) is 12.1 Å². The third kappa shape index (κ3) is 3.29. The van der Waals surface area contributed by atoms with E-state index in [9.17, 15) is 4.39 Å². The van der Waals surface area contributed by atoms with Crippen LogP contribution in [0.2, 0.25) is 0 Å². The van der Waals surface area contributed by atoms with Crippen molar-refractivity contribution in [1.29, 1.82) is 0 Å². The fourth-order valence-electron chi connectivity index (χ4n) is 2.46. The summed E-state index contributed by atoms with van der Waals surface area (Å²) in [5, 5.41) is 0. The second-order valence-electron chi connectivity index (χ2n) is 5.39. The van der Waals surface area contributed by atoms with E-state index in [0.717, 1.165) is 11.1 Å². The van der Waals surface area contributed by atoms with Crippen molar-refractivity contribution in [3.8, 4) is 22.5 Å². The highest BCUT2D eigenvalue weighted by molar-refractivity contribution is 5.67. The lowest BCUT2D eigenvalue weighted by molar-refractivity contribution is 0.103. The Morgan fingerprint density at radius 1 is 1.22 bits per heavy atom. The third-order valence-corrected chi connectivity index (χ3v) is 3.78. The quantitative estimate of drug-likeness (QED) is 0.720. The number of hydrogen-bond donors (Lipinski definition) is 0. The Morgan fingerprint density at radius 2 is 2.09 bits per heavy atom. The summed E-state index contributed by atoms with van der Waals surface area (Å²) < 4.78 is 21.8. The minimum absolute atomic E-state index is 0.0284. The molecule has 2 heterocycles. The van der Waals surface area contributed by atoms with Gasteiger partial charge in [-0.25, -0.2) is 9.37 Å². The van der Waals surface area contributed by atoms with E-state index in [4.69, 9.17) is 4.74 Å². The Balaban J connectivity index is 1.95. The lowest BCUT2D eigenvalue weighted by Crippen LogP contribution is -2.15. The number of aromatic nitrogens is 3. The number of pyridine rings is 1. The van der Waals surface area contributed by atoms with Crippen molar-refractivity contribution in [2.75, 3.05) is 7.11 Å². The zero-order valence-corrected chi connectivity index (χ0v) is 13.1.